The molecular formula is C42H70O15. The van der Waals surface area contributed by atoms with Crippen molar-refractivity contribution in [2.75, 3.05) is 21.3 Å². The van der Waals surface area contributed by atoms with Gasteiger partial charge in [0.2, 0.25) is 0 Å². The van der Waals surface area contributed by atoms with Crippen LogP contribution in [0.1, 0.15) is 106 Å². The highest BCUT2D eigenvalue weighted by Crippen LogP contribution is 2.70. The Morgan fingerprint density at radius 1 is 0.719 bits per heavy atom. The number of aliphatic hydroxyl groups is 6. The molecule has 0 aromatic heterocycles. The van der Waals surface area contributed by atoms with Gasteiger partial charge >= 0.3 is 0 Å². The first-order valence-corrected chi connectivity index (χ1v) is 21.2. The molecule has 3 saturated carbocycles. The quantitative estimate of drug-likeness (QED) is 0.175. The molecular weight excluding hydrogens is 744 g/mol. The summed E-state index contributed by atoms with van der Waals surface area (Å²) < 4.78 is 55.6. The van der Waals surface area contributed by atoms with Crippen LogP contribution in [0.5, 0.6) is 0 Å². The molecule has 15 nitrogen and oxygen atoms in total. The van der Waals surface area contributed by atoms with E-state index in [9.17, 15) is 30.6 Å². The van der Waals surface area contributed by atoms with E-state index in [2.05, 4.69) is 6.92 Å². The SMILES string of the molecule is CO[C@H]1C[C@@H](O[C@H]2[C@@H](OC)C[C@H](O[C@H]3[C@@H](OC)C[C@H](O[C@H]4CC[C@@]5(C)C(=CC[C@]6(O)[C@@H]5C[C@@H](O)[C@@]5(C)[C@]6(O)CC[C@@]5(O)[C@H](C)O)C4)O[C@@H]3C)O[C@@H]2C)O[C@H](C)[C@H]1O. The Balaban J connectivity index is 0.965. The zero-order valence-corrected chi connectivity index (χ0v) is 35.2. The molecule has 21 atom stereocenters. The summed E-state index contributed by atoms with van der Waals surface area (Å²) in [5.74, 6) is -0.456. The van der Waals surface area contributed by atoms with E-state index in [1.807, 2.05) is 19.9 Å². The molecule has 3 saturated heterocycles. The number of methoxy groups -OCH3 is 3. The molecule has 6 N–H and O–H groups in total. The van der Waals surface area contributed by atoms with E-state index < -0.39 is 101 Å². The van der Waals surface area contributed by atoms with Gasteiger partial charge in [0.25, 0.3) is 0 Å². The van der Waals surface area contributed by atoms with Crippen molar-refractivity contribution in [1.29, 1.82) is 0 Å². The summed E-state index contributed by atoms with van der Waals surface area (Å²) in [6.45, 7) is 10.9. The number of aliphatic hydroxyl groups excluding tert-OH is 3. The van der Waals surface area contributed by atoms with Crippen LogP contribution in [0.2, 0.25) is 0 Å². The summed E-state index contributed by atoms with van der Waals surface area (Å²) in [5, 5.41) is 69.3. The third-order valence-corrected chi connectivity index (χ3v) is 16.1. The van der Waals surface area contributed by atoms with Gasteiger partial charge in [-0.25, -0.2) is 0 Å². The van der Waals surface area contributed by atoms with E-state index in [4.69, 9.17) is 42.6 Å². The van der Waals surface area contributed by atoms with E-state index in [0.29, 0.717) is 38.5 Å². The zero-order valence-electron chi connectivity index (χ0n) is 35.2. The fourth-order valence-corrected chi connectivity index (χ4v) is 12.4. The third kappa shape index (κ3) is 7.00. The van der Waals surface area contributed by atoms with Crippen LogP contribution >= 0.6 is 0 Å². The van der Waals surface area contributed by atoms with Crippen LogP contribution in [0.25, 0.3) is 0 Å². The van der Waals surface area contributed by atoms with E-state index in [0.717, 1.165) is 5.57 Å². The highest BCUT2D eigenvalue weighted by molar-refractivity contribution is 5.36. The molecule has 0 bridgehead atoms. The number of hydrogen-bond acceptors (Lipinski definition) is 15. The summed E-state index contributed by atoms with van der Waals surface area (Å²) >= 11 is 0. The number of fused-ring (bicyclic) bond motifs is 5. The van der Waals surface area contributed by atoms with Crippen molar-refractivity contribution < 1.29 is 73.3 Å². The molecule has 0 aromatic rings. The van der Waals surface area contributed by atoms with Gasteiger partial charge in [-0.1, -0.05) is 25.5 Å². The fraction of sp³-hybridized carbons (Fsp3) is 0.952. The lowest BCUT2D eigenvalue weighted by atomic mass is 9.42. The van der Waals surface area contributed by atoms with Gasteiger partial charge in [0.1, 0.15) is 35.1 Å². The maximum absolute atomic E-state index is 12.5. The zero-order chi connectivity index (χ0) is 41.5. The van der Waals surface area contributed by atoms with Crippen molar-refractivity contribution in [2.24, 2.45) is 16.7 Å². The maximum atomic E-state index is 12.5. The Bertz CT molecular complexity index is 1450. The Morgan fingerprint density at radius 3 is 1.79 bits per heavy atom. The lowest BCUT2D eigenvalue weighted by Gasteiger charge is -2.67. The molecule has 4 aliphatic carbocycles. The van der Waals surface area contributed by atoms with E-state index in [1.54, 1.807) is 35.2 Å². The Kier molecular flexibility index (Phi) is 12.5. The minimum atomic E-state index is -1.80. The Hall–Kier alpha value is -0.860. The van der Waals surface area contributed by atoms with Crippen LogP contribution in [-0.4, -0.2) is 161 Å². The topological polar surface area (TPSA) is 204 Å². The van der Waals surface area contributed by atoms with Gasteiger partial charge in [-0.2, -0.15) is 0 Å². The summed E-state index contributed by atoms with van der Waals surface area (Å²) in [4.78, 5) is 0. The molecule has 7 rings (SSSR count). The molecule has 0 spiro atoms. The molecule has 15 heteroatoms. The minimum absolute atomic E-state index is 0.0771. The molecule has 0 aromatic carbocycles. The average Bonchev–Trinajstić information content (AvgIpc) is 3.40. The van der Waals surface area contributed by atoms with Crippen LogP contribution in [0.15, 0.2) is 11.6 Å². The normalized spacial score (nSPS) is 54.6. The van der Waals surface area contributed by atoms with E-state index in [1.165, 1.54) is 6.92 Å². The summed E-state index contributed by atoms with van der Waals surface area (Å²) in [5.41, 5.74) is -6.02. The molecule has 328 valence electrons. The second-order valence-corrected chi connectivity index (χ2v) is 18.8. The molecule has 0 amide bonds. The maximum Gasteiger partial charge on any atom is 0.161 e. The lowest BCUT2D eigenvalue weighted by molar-refractivity contribution is -0.339. The molecule has 3 heterocycles. The Morgan fingerprint density at radius 2 is 1.25 bits per heavy atom. The largest absolute Gasteiger partial charge is 0.392 e. The predicted octanol–water partition coefficient (Wildman–Crippen LogP) is 2.23. The van der Waals surface area contributed by atoms with Gasteiger partial charge in [-0.15, -0.1) is 0 Å². The third-order valence-electron chi connectivity index (χ3n) is 16.1. The van der Waals surface area contributed by atoms with Crippen molar-refractivity contribution in [3.8, 4) is 0 Å². The number of rotatable bonds is 10. The molecule has 3 aliphatic heterocycles. The lowest BCUT2D eigenvalue weighted by Crippen LogP contribution is -2.78. The summed E-state index contributed by atoms with van der Waals surface area (Å²) in [6.07, 6.45) is -2.41. The van der Waals surface area contributed by atoms with Crippen LogP contribution in [0, 0.1) is 16.7 Å². The molecule has 0 unspecified atom stereocenters. The number of ether oxygens (including phenoxy) is 9. The van der Waals surface area contributed by atoms with Crippen LogP contribution < -0.4 is 0 Å². The second kappa shape index (κ2) is 16.1. The molecule has 0 radical (unpaired) electrons. The predicted molar refractivity (Wildman–Crippen MR) is 203 cm³/mol. The second-order valence-electron chi connectivity index (χ2n) is 18.8. The van der Waals surface area contributed by atoms with Crippen LogP contribution in [0.4, 0.5) is 0 Å². The standard InChI is InChI=1S/C42H70O15/c1-21-35(45)27(49-7)17-33(52-21)56-37-23(3)54-34(19-29(37)51-9)57-36-22(2)53-32(18-28(36)50-8)55-26-11-12-38(5)25(16-26)10-13-41(47)30(38)20-31(44)39(6)40(46,24(4)43)14-15-42(39,41)48/h10,21-24,26-37,43-48H,11-20H2,1-9H3/t21-,22-,23-,24+,26+,27+,28+,29+,30-,31-,32+,33-,34+,35-,36-,37-,38+,39-,40-,41+,42-/m1/s1. The smallest absolute Gasteiger partial charge is 0.161 e. The highest BCUT2D eigenvalue weighted by atomic mass is 16.7. The first kappa shape index (κ1) is 44.2. The fourth-order valence-electron chi connectivity index (χ4n) is 12.4. The minimum Gasteiger partial charge on any atom is -0.392 e. The molecule has 6 fully saturated rings. The first-order chi connectivity index (χ1) is 26.8. The van der Waals surface area contributed by atoms with Crippen molar-refractivity contribution in [3.05, 3.63) is 11.6 Å². The van der Waals surface area contributed by atoms with Crippen LogP contribution in [0.3, 0.4) is 0 Å². The van der Waals surface area contributed by atoms with E-state index in [-0.39, 0.29) is 50.1 Å². The molecule has 7 aliphatic rings. The monoisotopic (exact) mass is 814 g/mol. The van der Waals surface area contributed by atoms with Crippen molar-refractivity contribution in [1.82, 2.24) is 0 Å². The van der Waals surface area contributed by atoms with Crippen molar-refractivity contribution in [2.45, 2.75) is 215 Å². The van der Waals surface area contributed by atoms with Gasteiger partial charge in [-0.05, 0) is 78.1 Å². The van der Waals surface area contributed by atoms with Gasteiger partial charge < -0.3 is 73.3 Å². The molecule has 57 heavy (non-hydrogen) atoms. The van der Waals surface area contributed by atoms with Crippen molar-refractivity contribution in [3.63, 3.8) is 0 Å². The van der Waals surface area contributed by atoms with E-state index >= 15 is 0 Å². The van der Waals surface area contributed by atoms with Crippen molar-refractivity contribution >= 4 is 0 Å². The van der Waals surface area contributed by atoms with Crippen LogP contribution in [-0.2, 0) is 42.6 Å². The van der Waals surface area contributed by atoms with Gasteiger partial charge in [0.15, 0.2) is 18.9 Å². The van der Waals surface area contributed by atoms with Gasteiger partial charge in [0.05, 0.1) is 60.4 Å². The Labute approximate surface area is 337 Å². The summed E-state index contributed by atoms with van der Waals surface area (Å²) in [7, 11) is 4.86. The average molecular weight is 815 g/mol. The first-order valence-electron chi connectivity index (χ1n) is 21.2. The highest BCUT2D eigenvalue weighted by Gasteiger charge is 2.80. The van der Waals surface area contributed by atoms with Gasteiger partial charge in [0, 0.05) is 46.5 Å². The number of hydrogen-bond donors (Lipinski definition) is 6. The summed E-state index contributed by atoms with van der Waals surface area (Å²) in [6, 6.07) is 0. The van der Waals surface area contributed by atoms with Gasteiger partial charge in [-0.3, -0.25) is 0 Å².